The number of hydrogen-bond acceptors (Lipinski definition) is 1. The van der Waals surface area contributed by atoms with Gasteiger partial charge >= 0.3 is 6.18 Å². The van der Waals surface area contributed by atoms with E-state index in [1.165, 1.54) is 10.8 Å². The van der Waals surface area contributed by atoms with Gasteiger partial charge in [0, 0.05) is 17.1 Å². The molecule has 0 N–H and O–H groups in total. The number of alkyl halides is 3. The zero-order valence-electron chi connectivity index (χ0n) is 10.00. The van der Waals surface area contributed by atoms with Crippen LogP contribution in [-0.4, -0.2) is 17.4 Å². The first-order valence-corrected chi connectivity index (χ1v) is 5.78. The summed E-state index contributed by atoms with van der Waals surface area (Å²) in [5.74, 6) is 0.689. The Morgan fingerprint density at radius 1 is 1.22 bits per heavy atom. The maximum Gasteiger partial charge on any atom is 0.406 e. The molecule has 0 amide bonds. The molecule has 0 unspecified atom stereocenters. The van der Waals surface area contributed by atoms with Crippen LogP contribution in [-0.2, 0) is 6.54 Å². The van der Waals surface area contributed by atoms with Crippen LogP contribution in [0.25, 0.3) is 10.9 Å². The Morgan fingerprint density at radius 3 is 2.67 bits per heavy atom. The van der Waals surface area contributed by atoms with Crippen LogP contribution in [0.1, 0.15) is 13.3 Å². The normalized spacial score (nSPS) is 12.0. The average Bonchev–Trinajstić information content (AvgIpc) is 2.67. The van der Waals surface area contributed by atoms with E-state index in [1.807, 2.05) is 6.92 Å². The maximum atomic E-state index is 12.3. The van der Waals surface area contributed by atoms with Gasteiger partial charge in [-0.15, -0.1) is 0 Å². The minimum absolute atomic E-state index is 0.566. The quantitative estimate of drug-likeness (QED) is 0.807. The number of rotatable bonds is 4. The van der Waals surface area contributed by atoms with Gasteiger partial charge in [-0.2, -0.15) is 13.2 Å². The molecule has 0 aliphatic carbocycles. The van der Waals surface area contributed by atoms with Gasteiger partial charge in [0.15, 0.2) is 0 Å². The van der Waals surface area contributed by atoms with E-state index in [-0.39, 0.29) is 0 Å². The van der Waals surface area contributed by atoms with Crippen LogP contribution in [0.15, 0.2) is 30.5 Å². The fourth-order valence-electron chi connectivity index (χ4n) is 1.82. The molecule has 0 radical (unpaired) electrons. The number of fused-ring (bicyclic) bond motifs is 1. The standard InChI is InChI=1S/C13H14F3NO/c1-2-7-18-11-3-4-12-10(8-11)5-6-17(12)9-13(14,15)16/h3-6,8H,2,7,9H2,1H3. The number of hydrogen-bond donors (Lipinski definition) is 0. The van der Waals surface area contributed by atoms with Crippen LogP contribution in [0.5, 0.6) is 5.75 Å². The molecule has 18 heavy (non-hydrogen) atoms. The van der Waals surface area contributed by atoms with Crippen LogP contribution in [0.4, 0.5) is 13.2 Å². The first kappa shape index (κ1) is 12.8. The molecule has 2 rings (SSSR count). The van der Waals surface area contributed by atoms with Crippen LogP contribution in [0.3, 0.4) is 0 Å². The van der Waals surface area contributed by atoms with Crippen molar-refractivity contribution < 1.29 is 17.9 Å². The Kier molecular flexibility index (Phi) is 3.50. The molecular weight excluding hydrogens is 243 g/mol. The molecule has 2 nitrogen and oxygen atoms in total. The van der Waals surface area contributed by atoms with E-state index in [2.05, 4.69) is 0 Å². The van der Waals surface area contributed by atoms with Gasteiger partial charge in [0.1, 0.15) is 12.3 Å². The van der Waals surface area contributed by atoms with E-state index in [0.717, 1.165) is 11.8 Å². The minimum atomic E-state index is -4.21. The molecule has 5 heteroatoms. The topological polar surface area (TPSA) is 14.2 Å². The van der Waals surface area contributed by atoms with E-state index in [4.69, 9.17) is 4.74 Å². The van der Waals surface area contributed by atoms with Crippen LogP contribution < -0.4 is 4.74 Å². The molecule has 2 aromatic rings. The van der Waals surface area contributed by atoms with Crippen molar-refractivity contribution in [1.29, 1.82) is 0 Å². The molecule has 0 saturated carbocycles. The van der Waals surface area contributed by atoms with Gasteiger partial charge in [-0.05, 0) is 30.7 Å². The Bertz CT molecular complexity index is 531. The van der Waals surface area contributed by atoms with Gasteiger partial charge in [-0.1, -0.05) is 6.92 Å². The van der Waals surface area contributed by atoms with Crippen LogP contribution in [0.2, 0.25) is 0 Å². The summed E-state index contributed by atoms with van der Waals surface area (Å²) < 4.78 is 43.7. The Hall–Kier alpha value is -1.65. The predicted molar refractivity (Wildman–Crippen MR) is 63.8 cm³/mol. The molecule has 0 spiro atoms. The SMILES string of the molecule is CCCOc1ccc2c(ccn2CC(F)(F)F)c1. The number of halogens is 3. The van der Waals surface area contributed by atoms with Gasteiger partial charge in [-0.25, -0.2) is 0 Å². The third-order valence-corrected chi connectivity index (χ3v) is 2.56. The van der Waals surface area contributed by atoms with Gasteiger partial charge in [-0.3, -0.25) is 0 Å². The molecule has 0 aliphatic heterocycles. The minimum Gasteiger partial charge on any atom is -0.494 e. The molecule has 0 aliphatic rings. The molecule has 0 bridgehead atoms. The molecule has 0 fully saturated rings. The molecule has 1 aromatic heterocycles. The highest BCUT2D eigenvalue weighted by Crippen LogP contribution is 2.25. The van der Waals surface area contributed by atoms with Crippen molar-refractivity contribution in [3.05, 3.63) is 30.5 Å². The fourth-order valence-corrected chi connectivity index (χ4v) is 1.82. The average molecular weight is 257 g/mol. The third-order valence-electron chi connectivity index (χ3n) is 2.56. The molecule has 98 valence electrons. The van der Waals surface area contributed by atoms with E-state index in [1.54, 1.807) is 24.3 Å². The van der Waals surface area contributed by atoms with Crippen molar-refractivity contribution in [3.63, 3.8) is 0 Å². The van der Waals surface area contributed by atoms with E-state index < -0.39 is 12.7 Å². The van der Waals surface area contributed by atoms with Crippen molar-refractivity contribution in [1.82, 2.24) is 4.57 Å². The lowest BCUT2D eigenvalue weighted by Gasteiger charge is -2.09. The molecule has 1 aromatic carbocycles. The van der Waals surface area contributed by atoms with Gasteiger partial charge in [0.05, 0.1) is 6.61 Å². The number of benzene rings is 1. The monoisotopic (exact) mass is 257 g/mol. The second-order valence-corrected chi connectivity index (χ2v) is 4.13. The summed E-state index contributed by atoms with van der Waals surface area (Å²) in [5, 5.41) is 0.757. The third kappa shape index (κ3) is 2.97. The summed E-state index contributed by atoms with van der Waals surface area (Å²) in [6, 6.07) is 6.79. The van der Waals surface area contributed by atoms with Gasteiger partial charge < -0.3 is 9.30 Å². The molecule has 1 heterocycles. The van der Waals surface area contributed by atoms with E-state index >= 15 is 0 Å². The first-order chi connectivity index (χ1) is 8.49. The lowest BCUT2D eigenvalue weighted by Crippen LogP contribution is -2.16. The lowest BCUT2D eigenvalue weighted by atomic mass is 10.2. The van der Waals surface area contributed by atoms with Crippen LogP contribution in [0, 0.1) is 0 Å². The Morgan fingerprint density at radius 2 is 2.00 bits per heavy atom. The van der Waals surface area contributed by atoms with Crippen LogP contribution >= 0.6 is 0 Å². The number of nitrogens with zero attached hydrogens (tertiary/aromatic N) is 1. The summed E-state index contributed by atoms with van der Waals surface area (Å²) in [6.07, 6.45) is -1.86. The zero-order chi connectivity index (χ0) is 13.2. The molecular formula is C13H14F3NO. The van der Waals surface area contributed by atoms with Crippen molar-refractivity contribution in [2.75, 3.05) is 6.61 Å². The van der Waals surface area contributed by atoms with Gasteiger partial charge in [0.25, 0.3) is 0 Å². The predicted octanol–water partition coefficient (Wildman–Crippen LogP) is 3.99. The smallest absolute Gasteiger partial charge is 0.406 e. The first-order valence-electron chi connectivity index (χ1n) is 5.78. The van der Waals surface area contributed by atoms with E-state index in [0.29, 0.717) is 17.9 Å². The van der Waals surface area contributed by atoms with Crippen molar-refractivity contribution in [2.24, 2.45) is 0 Å². The summed E-state index contributed by atoms with van der Waals surface area (Å²) in [6.45, 7) is 1.64. The Balaban J connectivity index is 2.26. The Labute approximate surface area is 103 Å². The number of ether oxygens (including phenoxy) is 1. The maximum absolute atomic E-state index is 12.3. The summed E-state index contributed by atoms with van der Waals surface area (Å²) >= 11 is 0. The second-order valence-electron chi connectivity index (χ2n) is 4.13. The lowest BCUT2D eigenvalue weighted by molar-refractivity contribution is -0.139. The summed E-state index contributed by atoms with van der Waals surface area (Å²) in [7, 11) is 0. The highest BCUT2D eigenvalue weighted by Gasteiger charge is 2.28. The number of aromatic nitrogens is 1. The molecule has 0 saturated heterocycles. The van der Waals surface area contributed by atoms with Crippen molar-refractivity contribution >= 4 is 10.9 Å². The highest BCUT2D eigenvalue weighted by molar-refractivity contribution is 5.81. The fraction of sp³-hybridized carbons (Fsp3) is 0.385. The molecule has 0 atom stereocenters. The second kappa shape index (κ2) is 4.92. The largest absolute Gasteiger partial charge is 0.494 e. The van der Waals surface area contributed by atoms with Crippen molar-refractivity contribution in [2.45, 2.75) is 26.1 Å². The highest BCUT2D eigenvalue weighted by atomic mass is 19.4. The summed E-state index contributed by atoms with van der Waals surface area (Å²) in [4.78, 5) is 0. The van der Waals surface area contributed by atoms with Gasteiger partial charge in [0.2, 0.25) is 0 Å². The van der Waals surface area contributed by atoms with Crippen molar-refractivity contribution in [3.8, 4) is 5.75 Å². The summed E-state index contributed by atoms with van der Waals surface area (Å²) in [5.41, 5.74) is 0.566. The zero-order valence-corrected chi connectivity index (χ0v) is 10.00. The van der Waals surface area contributed by atoms with E-state index in [9.17, 15) is 13.2 Å².